The first-order valence-electron chi connectivity index (χ1n) is 10.8. The Labute approximate surface area is 184 Å². The Morgan fingerprint density at radius 1 is 1.12 bits per heavy atom. The van der Waals surface area contributed by atoms with E-state index >= 15 is 0 Å². The fourth-order valence-electron chi connectivity index (χ4n) is 4.51. The van der Waals surface area contributed by atoms with E-state index in [1.807, 2.05) is 30.3 Å². The van der Waals surface area contributed by atoms with E-state index in [4.69, 9.17) is 14.5 Å². The average Bonchev–Trinajstić information content (AvgIpc) is 3.34. The lowest BCUT2D eigenvalue weighted by Crippen LogP contribution is -2.20. The molecule has 2 N–H and O–H groups in total. The van der Waals surface area contributed by atoms with Crippen LogP contribution in [0.15, 0.2) is 48.7 Å². The third-order valence-corrected chi connectivity index (χ3v) is 6.21. The summed E-state index contributed by atoms with van der Waals surface area (Å²) in [5.41, 5.74) is 5.16. The molecule has 0 saturated heterocycles. The molecule has 7 nitrogen and oxygen atoms in total. The number of H-pyrrole nitrogens is 1. The van der Waals surface area contributed by atoms with Gasteiger partial charge in [-0.1, -0.05) is 13.0 Å². The normalized spacial score (nSPS) is 19.2. The molecule has 0 aliphatic carbocycles. The molecule has 0 fully saturated rings. The third-order valence-electron chi connectivity index (χ3n) is 6.21. The monoisotopic (exact) mass is 426 g/mol. The number of anilines is 1. The maximum atomic E-state index is 11.7. The molecule has 6 rings (SSSR count). The Balaban J connectivity index is 1.28. The van der Waals surface area contributed by atoms with Crippen molar-refractivity contribution in [1.29, 1.82) is 0 Å². The lowest BCUT2D eigenvalue weighted by atomic mass is 9.97. The second-order valence-electron chi connectivity index (χ2n) is 8.46. The number of hydrogen-bond donors (Lipinski definition) is 2. The highest BCUT2D eigenvalue weighted by molar-refractivity contribution is 5.93. The number of nitrogens with one attached hydrogen (secondary N) is 2. The molecule has 1 amide bonds. The molecule has 0 spiro atoms. The Bertz CT molecular complexity index is 1380. The highest BCUT2D eigenvalue weighted by Crippen LogP contribution is 2.47. The number of carbonyl (C=O) groups excluding carboxylic acids is 1. The average molecular weight is 426 g/mol. The molecule has 7 heteroatoms. The summed E-state index contributed by atoms with van der Waals surface area (Å²) in [5, 5.41) is 2.81. The number of carbonyl (C=O) groups is 1. The van der Waals surface area contributed by atoms with Gasteiger partial charge >= 0.3 is 0 Å². The number of aryl methyl sites for hydroxylation is 1. The Hall–Kier alpha value is -3.87. The first-order valence-corrected chi connectivity index (χ1v) is 10.8. The van der Waals surface area contributed by atoms with Gasteiger partial charge in [-0.2, -0.15) is 0 Å². The molecule has 4 heterocycles. The number of imidazole rings is 1. The van der Waals surface area contributed by atoms with E-state index in [0.29, 0.717) is 24.4 Å². The van der Waals surface area contributed by atoms with E-state index in [9.17, 15) is 4.79 Å². The Morgan fingerprint density at radius 3 is 2.94 bits per heavy atom. The van der Waals surface area contributed by atoms with E-state index in [-0.39, 0.29) is 17.9 Å². The number of rotatable bonds is 3. The summed E-state index contributed by atoms with van der Waals surface area (Å²) in [7, 11) is 0. The zero-order chi connectivity index (χ0) is 21.8. The van der Waals surface area contributed by atoms with Crippen LogP contribution >= 0.6 is 0 Å². The lowest BCUT2D eigenvalue weighted by Gasteiger charge is -2.19. The van der Waals surface area contributed by atoms with Crippen molar-refractivity contribution >= 4 is 22.8 Å². The topological polar surface area (TPSA) is 89.1 Å². The lowest BCUT2D eigenvalue weighted by molar-refractivity contribution is -0.116. The van der Waals surface area contributed by atoms with Gasteiger partial charge in [-0.15, -0.1) is 0 Å². The number of nitrogens with zero attached hydrogens (tertiary/aromatic N) is 2. The van der Waals surface area contributed by atoms with Crippen LogP contribution in [0.4, 0.5) is 5.82 Å². The van der Waals surface area contributed by atoms with Gasteiger partial charge in [0.25, 0.3) is 0 Å². The Kier molecular flexibility index (Phi) is 4.18. The molecule has 2 aliphatic heterocycles. The van der Waals surface area contributed by atoms with Gasteiger partial charge in [-0.3, -0.25) is 4.79 Å². The highest BCUT2D eigenvalue weighted by Gasteiger charge is 2.35. The van der Waals surface area contributed by atoms with Crippen molar-refractivity contribution in [2.75, 3.05) is 5.32 Å². The summed E-state index contributed by atoms with van der Waals surface area (Å²) in [5.74, 6) is 3.79. The van der Waals surface area contributed by atoms with Crippen LogP contribution in [-0.2, 0) is 11.2 Å². The summed E-state index contributed by atoms with van der Waals surface area (Å²) in [6.07, 6.45) is 2.51. The molecular formula is C25H22N4O3. The molecule has 0 bridgehead atoms. The van der Waals surface area contributed by atoms with Crippen molar-refractivity contribution in [3.05, 3.63) is 71.2 Å². The maximum absolute atomic E-state index is 11.7. The number of pyridine rings is 1. The summed E-state index contributed by atoms with van der Waals surface area (Å²) < 4.78 is 12.5. The molecule has 2 unspecified atom stereocenters. The van der Waals surface area contributed by atoms with Crippen molar-refractivity contribution in [2.45, 2.75) is 38.7 Å². The minimum atomic E-state index is -0.183. The predicted octanol–water partition coefficient (Wildman–Crippen LogP) is 5.18. The molecule has 2 atom stereocenters. The van der Waals surface area contributed by atoms with E-state index in [0.717, 1.165) is 39.5 Å². The van der Waals surface area contributed by atoms with E-state index in [1.165, 1.54) is 5.56 Å². The quantitative estimate of drug-likeness (QED) is 0.471. The number of aromatic nitrogens is 3. The van der Waals surface area contributed by atoms with Crippen LogP contribution in [-0.4, -0.2) is 20.9 Å². The summed E-state index contributed by atoms with van der Waals surface area (Å²) >= 11 is 0. The van der Waals surface area contributed by atoms with Crippen LogP contribution in [0.3, 0.4) is 0 Å². The van der Waals surface area contributed by atoms with E-state index < -0.39 is 0 Å². The molecule has 0 saturated carbocycles. The molecule has 32 heavy (non-hydrogen) atoms. The SMILES string of the molecule is Cc1ccc2nc(C3Oc4ccc(Oc5ccnc6c5CCC(=O)N6)cc4C3C)[nH]c2c1. The molecule has 2 aromatic heterocycles. The fourth-order valence-corrected chi connectivity index (χ4v) is 4.51. The van der Waals surface area contributed by atoms with Gasteiger partial charge in [0.15, 0.2) is 6.10 Å². The van der Waals surface area contributed by atoms with Crippen molar-refractivity contribution in [3.63, 3.8) is 0 Å². The van der Waals surface area contributed by atoms with Gasteiger partial charge in [0.2, 0.25) is 5.91 Å². The zero-order valence-electron chi connectivity index (χ0n) is 17.8. The van der Waals surface area contributed by atoms with E-state index in [2.05, 4.69) is 41.3 Å². The number of benzene rings is 2. The minimum Gasteiger partial charge on any atom is -0.482 e. The van der Waals surface area contributed by atoms with Gasteiger partial charge < -0.3 is 19.8 Å². The first kappa shape index (κ1) is 18.9. The maximum Gasteiger partial charge on any atom is 0.225 e. The van der Waals surface area contributed by atoms with Crippen LogP contribution in [0.25, 0.3) is 11.0 Å². The number of amides is 1. The van der Waals surface area contributed by atoms with Gasteiger partial charge in [0.1, 0.15) is 28.9 Å². The van der Waals surface area contributed by atoms with Crippen LogP contribution in [0.2, 0.25) is 0 Å². The van der Waals surface area contributed by atoms with Crippen molar-refractivity contribution in [2.24, 2.45) is 0 Å². The van der Waals surface area contributed by atoms with Crippen molar-refractivity contribution in [1.82, 2.24) is 15.0 Å². The van der Waals surface area contributed by atoms with Crippen LogP contribution in [0.5, 0.6) is 17.2 Å². The number of hydrogen-bond acceptors (Lipinski definition) is 5. The molecule has 4 aromatic rings. The molecule has 0 radical (unpaired) electrons. The number of aromatic amines is 1. The van der Waals surface area contributed by atoms with Crippen molar-refractivity contribution < 1.29 is 14.3 Å². The van der Waals surface area contributed by atoms with Crippen LogP contribution in [0, 0.1) is 6.92 Å². The highest BCUT2D eigenvalue weighted by atomic mass is 16.5. The Morgan fingerprint density at radius 2 is 2.03 bits per heavy atom. The molecule has 160 valence electrons. The van der Waals surface area contributed by atoms with Gasteiger partial charge in [-0.05, 0) is 55.3 Å². The summed E-state index contributed by atoms with van der Waals surface area (Å²) in [4.78, 5) is 24.1. The number of fused-ring (bicyclic) bond motifs is 3. The zero-order valence-corrected chi connectivity index (χ0v) is 17.8. The molecule has 2 aliphatic rings. The van der Waals surface area contributed by atoms with Crippen molar-refractivity contribution in [3.8, 4) is 17.2 Å². The largest absolute Gasteiger partial charge is 0.482 e. The summed E-state index contributed by atoms with van der Waals surface area (Å²) in [6, 6.07) is 13.9. The van der Waals surface area contributed by atoms with Gasteiger partial charge in [0.05, 0.1) is 11.0 Å². The fraction of sp³-hybridized carbons (Fsp3) is 0.240. The van der Waals surface area contributed by atoms with Gasteiger partial charge in [0, 0.05) is 29.7 Å². The second kappa shape index (κ2) is 7.09. The van der Waals surface area contributed by atoms with E-state index in [1.54, 1.807) is 6.20 Å². The van der Waals surface area contributed by atoms with Crippen LogP contribution in [0.1, 0.15) is 47.9 Å². The number of ether oxygens (including phenoxy) is 2. The molecular weight excluding hydrogens is 404 g/mol. The van der Waals surface area contributed by atoms with Crippen LogP contribution < -0.4 is 14.8 Å². The standard InChI is InChI=1S/C25H22N4O3/c1-13-3-6-18-19(11-13)28-25(27-18)23-14(2)17-12-15(4-7-20(17)32-23)31-21-9-10-26-24-16(21)5-8-22(30)29-24/h3-4,6-7,9-12,14,23H,5,8H2,1-2H3,(H,27,28)(H,26,29,30). The van der Waals surface area contributed by atoms with Gasteiger partial charge in [-0.25, -0.2) is 9.97 Å². The minimum absolute atomic E-state index is 0.0163. The summed E-state index contributed by atoms with van der Waals surface area (Å²) in [6.45, 7) is 4.21. The second-order valence-corrected chi connectivity index (χ2v) is 8.46. The molecule has 2 aromatic carbocycles. The predicted molar refractivity (Wildman–Crippen MR) is 120 cm³/mol. The first-order chi connectivity index (χ1) is 15.5. The smallest absolute Gasteiger partial charge is 0.225 e. The third kappa shape index (κ3) is 3.09.